The van der Waals surface area contributed by atoms with Crippen molar-refractivity contribution in [3.05, 3.63) is 0 Å². The molecule has 1 saturated heterocycles. The van der Waals surface area contributed by atoms with Gasteiger partial charge in [-0.15, -0.1) is 0 Å². The lowest BCUT2D eigenvalue weighted by Crippen LogP contribution is -2.52. The third-order valence-electron chi connectivity index (χ3n) is 4.20. The van der Waals surface area contributed by atoms with Crippen LogP contribution in [0.2, 0.25) is 0 Å². The molecule has 1 heterocycles. The van der Waals surface area contributed by atoms with Crippen molar-refractivity contribution >= 4 is 0 Å². The quantitative estimate of drug-likeness (QED) is 0.783. The van der Waals surface area contributed by atoms with Crippen LogP contribution in [-0.2, 0) is 0 Å². The maximum Gasteiger partial charge on any atom is 0.0243 e. The highest BCUT2D eigenvalue weighted by Crippen LogP contribution is 2.19. The maximum absolute atomic E-state index is 3.61. The molecule has 18 heavy (non-hydrogen) atoms. The fourth-order valence-electron chi connectivity index (χ4n) is 2.88. The Kier molecular flexibility index (Phi) is 6.61. The van der Waals surface area contributed by atoms with E-state index in [-0.39, 0.29) is 0 Å². The van der Waals surface area contributed by atoms with Crippen molar-refractivity contribution in [2.24, 2.45) is 5.92 Å². The van der Waals surface area contributed by atoms with Crippen LogP contribution in [0.25, 0.3) is 0 Å². The van der Waals surface area contributed by atoms with Crippen molar-refractivity contribution in [1.82, 2.24) is 15.1 Å². The van der Waals surface area contributed by atoms with Gasteiger partial charge in [0.2, 0.25) is 0 Å². The van der Waals surface area contributed by atoms with E-state index in [1.807, 2.05) is 0 Å². The van der Waals surface area contributed by atoms with Gasteiger partial charge in [0.1, 0.15) is 0 Å². The first kappa shape index (κ1) is 15.9. The molecule has 0 aromatic heterocycles. The van der Waals surface area contributed by atoms with Gasteiger partial charge in [-0.05, 0) is 45.9 Å². The average molecular weight is 255 g/mol. The van der Waals surface area contributed by atoms with Crippen molar-refractivity contribution in [2.45, 2.75) is 58.7 Å². The number of hydrogen-bond acceptors (Lipinski definition) is 3. The summed E-state index contributed by atoms with van der Waals surface area (Å²) >= 11 is 0. The molecule has 0 radical (unpaired) electrons. The van der Waals surface area contributed by atoms with Crippen molar-refractivity contribution in [2.75, 3.05) is 33.7 Å². The second kappa shape index (κ2) is 7.46. The molecule has 0 bridgehead atoms. The summed E-state index contributed by atoms with van der Waals surface area (Å²) < 4.78 is 0. The second-order valence-corrected chi connectivity index (χ2v) is 6.61. The van der Waals surface area contributed by atoms with E-state index in [0.29, 0.717) is 12.1 Å². The Morgan fingerprint density at radius 1 is 1.11 bits per heavy atom. The molecule has 1 fully saturated rings. The smallest absolute Gasteiger partial charge is 0.0243 e. The number of nitrogens with zero attached hydrogens (tertiary/aromatic N) is 2. The van der Waals surface area contributed by atoms with Crippen molar-refractivity contribution < 1.29 is 0 Å². The minimum atomic E-state index is 0.588. The molecule has 1 aliphatic rings. The van der Waals surface area contributed by atoms with Gasteiger partial charge in [0, 0.05) is 24.7 Å². The summed E-state index contributed by atoms with van der Waals surface area (Å²) in [5.41, 5.74) is 0. The SMILES string of the molecule is CC(C)NCC(C(C)C)N1CCC(N(C)C)CC1. The third kappa shape index (κ3) is 4.87. The highest BCUT2D eigenvalue weighted by Gasteiger charge is 2.27. The average Bonchev–Trinajstić information content (AvgIpc) is 2.29. The Balaban J connectivity index is 2.45. The Hall–Kier alpha value is -0.120. The summed E-state index contributed by atoms with van der Waals surface area (Å²) in [6.07, 6.45) is 2.63. The van der Waals surface area contributed by atoms with E-state index in [4.69, 9.17) is 0 Å². The normalized spacial score (nSPS) is 21.2. The zero-order chi connectivity index (χ0) is 13.7. The van der Waals surface area contributed by atoms with Crippen LogP contribution in [0, 0.1) is 5.92 Å². The molecular formula is C15H33N3. The predicted molar refractivity (Wildman–Crippen MR) is 80.0 cm³/mol. The molecule has 1 unspecified atom stereocenters. The lowest BCUT2D eigenvalue weighted by molar-refractivity contribution is 0.0853. The number of hydrogen-bond donors (Lipinski definition) is 1. The van der Waals surface area contributed by atoms with Gasteiger partial charge in [-0.2, -0.15) is 0 Å². The van der Waals surface area contributed by atoms with Gasteiger partial charge in [0.15, 0.2) is 0 Å². The Morgan fingerprint density at radius 2 is 1.67 bits per heavy atom. The monoisotopic (exact) mass is 255 g/mol. The van der Waals surface area contributed by atoms with Crippen LogP contribution in [0.3, 0.4) is 0 Å². The van der Waals surface area contributed by atoms with E-state index >= 15 is 0 Å². The molecule has 1 N–H and O–H groups in total. The Bertz CT molecular complexity index is 218. The van der Waals surface area contributed by atoms with E-state index in [2.05, 4.69) is 56.9 Å². The number of nitrogens with one attached hydrogen (secondary N) is 1. The van der Waals surface area contributed by atoms with Crippen LogP contribution in [0.15, 0.2) is 0 Å². The molecule has 3 nitrogen and oxygen atoms in total. The molecule has 1 rings (SSSR count). The molecular weight excluding hydrogens is 222 g/mol. The van der Waals surface area contributed by atoms with E-state index in [9.17, 15) is 0 Å². The first-order valence-electron chi connectivity index (χ1n) is 7.55. The summed E-state index contributed by atoms with van der Waals surface area (Å²) in [6, 6.07) is 2.06. The van der Waals surface area contributed by atoms with Gasteiger partial charge in [-0.25, -0.2) is 0 Å². The molecule has 0 spiro atoms. The second-order valence-electron chi connectivity index (χ2n) is 6.61. The summed E-state index contributed by atoms with van der Waals surface area (Å²) in [7, 11) is 4.42. The van der Waals surface area contributed by atoms with Crippen molar-refractivity contribution in [1.29, 1.82) is 0 Å². The topological polar surface area (TPSA) is 18.5 Å². The van der Waals surface area contributed by atoms with Gasteiger partial charge in [0.25, 0.3) is 0 Å². The molecule has 0 aromatic rings. The van der Waals surface area contributed by atoms with E-state index in [1.54, 1.807) is 0 Å². The fourth-order valence-corrected chi connectivity index (χ4v) is 2.88. The minimum absolute atomic E-state index is 0.588. The third-order valence-corrected chi connectivity index (χ3v) is 4.20. The maximum atomic E-state index is 3.61. The zero-order valence-corrected chi connectivity index (χ0v) is 13.2. The van der Waals surface area contributed by atoms with E-state index in [1.165, 1.54) is 25.9 Å². The fraction of sp³-hybridized carbons (Fsp3) is 1.00. The first-order valence-corrected chi connectivity index (χ1v) is 7.55. The summed E-state index contributed by atoms with van der Waals surface area (Å²) in [5, 5.41) is 3.61. The van der Waals surface area contributed by atoms with Gasteiger partial charge in [-0.3, -0.25) is 4.90 Å². The summed E-state index contributed by atoms with van der Waals surface area (Å²) in [5.74, 6) is 0.729. The van der Waals surface area contributed by atoms with Crippen LogP contribution in [0.4, 0.5) is 0 Å². The molecule has 0 saturated carbocycles. The van der Waals surface area contributed by atoms with Gasteiger partial charge in [-0.1, -0.05) is 27.7 Å². The summed E-state index contributed by atoms with van der Waals surface area (Å²) in [6.45, 7) is 12.8. The standard InChI is InChI=1S/C15H33N3/c1-12(2)15(11-16-13(3)4)18-9-7-14(8-10-18)17(5)6/h12-16H,7-11H2,1-6H3. The highest BCUT2D eigenvalue weighted by molar-refractivity contribution is 4.84. The molecule has 108 valence electrons. The Labute approximate surface area is 114 Å². The summed E-state index contributed by atoms with van der Waals surface area (Å²) in [4.78, 5) is 5.08. The van der Waals surface area contributed by atoms with Crippen molar-refractivity contribution in [3.63, 3.8) is 0 Å². The first-order chi connectivity index (χ1) is 8.41. The molecule has 0 amide bonds. The van der Waals surface area contributed by atoms with Crippen LogP contribution in [-0.4, -0.2) is 61.7 Å². The molecule has 1 aliphatic heterocycles. The lowest BCUT2D eigenvalue weighted by atomic mass is 9.96. The zero-order valence-electron chi connectivity index (χ0n) is 13.2. The van der Waals surface area contributed by atoms with Crippen LogP contribution < -0.4 is 5.32 Å². The molecule has 3 heteroatoms. The van der Waals surface area contributed by atoms with Crippen LogP contribution in [0.5, 0.6) is 0 Å². The largest absolute Gasteiger partial charge is 0.313 e. The molecule has 1 atom stereocenters. The van der Waals surface area contributed by atoms with Gasteiger partial charge >= 0.3 is 0 Å². The van der Waals surface area contributed by atoms with Crippen molar-refractivity contribution in [3.8, 4) is 0 Å². The lowest BCUT2D eigenvalue weighted by Gasteiger charge is -2.41. The predicted octanol–water partition coefficient (Wildman–Crippen LogP) is 2.03. The van der Waals surface area contributed by atoms with Gasteiger partial charge in [0.05, 0.1) is 0 Å². The minimum Gasteiger partial charge on any atom is -0.313 e. The molecule has 0 aromatic carbocycles. The Morgan fingerprint density at radius 3 is 2.06 bits per heavy atom. The van der Waals surface area contributed by atoms with E-state index in [0.717, 1.165) is 18.5 Å². The van der Waals surface area contributed by atoms with Crippen LogP contribution >= 0.6 is 0 Å². The molecule has 0 aliphatic carbocycles. The number of rotatable bonds is 6. The van der Waals surface area contributed by atoms with Crippen LogP contribution in [0.1, 0.15) is 40.5 Å². The number of likely N-dealkylation sites (tertiary alicyclic amines) is 1. The highest BCUT2D eigenvalue weighted by atomic mass is 15.2. The van der Waals surface area contributed by atoms with E-state index < -0.39 is 0 Å². The number of piperidine rings is 1. The van der Waals surface area contributed by atoms with Gasteiger partial charge < -0.3 is 10.2 Å².